The third-order valence-electron chi connectivity index (χ3n) is 11.2. The molecule has 11 aromatic rings. The smallest absolute Gasteiger partial charge is 0.135 e. The van der Waals surface area contributed by atoms with E-state index in [1.807, 2.05) is 24.3 Å². The van der Waals surface area contributed by atoms with Crippen molar-refractivity contribution < 1.29 is 8.83 Å². The second kappa shape index (κ2) is 10.3. The number of hydrogen-bond donors (Lipinski definition) is 1. The summed E-state index contributed by atoms with van der Waals surface area (Å²) in [6.45, 7) is 0. The summed E-state index contributed by atoms with van der Waals surface area (Å²) in [7, 11) is 0. The van der Waals surface area contributed by atoms with Crippen LogP contribution in [0.5, 0.6) is 0 Å². The molecule has 0 atom stereocenters. The fourth-order valence-corrected chi connectivity index (χ4v) is 8.59. The summed E-state index contributed by atoms with van der Waals surface area (Å²) >= 11 is 0. The number of hydrogen-bond acceptors (Lipinski definition) is 2. The Bertz CT molecular complexity index is 3280. The molecule has 0 spiro atoms. The molecule has 1 aliphatic rings. The zero-order valence-corrected chi connectivity index (χ0v) is 28.0. The van der Waals surface area contributed by atoms with Gasteiger partial charge in [-0.25, -0.2) is 0 Å². The second-order valence-electron chi connectivity index (χ2n) is 14.2. The number of fused-ring (bicyclic) bond motifs is 12. The summed E-state index contributed by atoms with van der Waals surface area (Å²) < 4.78 is 12.2. The minimum Gasteiger partial charge on any atom is -0.456 e. The summed E-state index contributed by atoms with van der Waals surface area (Å²) in [6.07, 6.45) is 0.960. The number of furan rings is 2. The fourth-order valence-electron chi connectivity index (χ4n) is 8.59. The van der Waals surface area contributed by atoms with E-state index >= 15 is 0 Å². The maximum absolute atomic E-state index is 6.11. The quantitative estimate of drug-likeness (QED) is 0.204. The van der Waals surface area contributed by atoms with Gasteiger partial charge in [0.2, 0.25) is 0 Å². The van der Waals surface area contributed by atoms with Gasteiger partial charge in [0.25, 0.3) is 0 Å². The van der Waals surface area contributed by atoms with E-state index in [9.17, 15) is 0 Å². The van der Waals surface area contributed by atoms with Crippen LogP contribution >= 0.6 is 0 Å². The SMILES string of the molecule is c1ccc2c(c1)oc1ccc(-c3ccc4c(c3)-c3cc(-c5ccc6[nH]c7ccc(-c8ccc9oc%10ccccc%10c9c8)cc7c6c5)ccc3C4)cc12. The van der Waals surface area contributed by atoms with Gasteiger partial charge in [0, 0.05) is 43.4 Å². The molecule has 52 heavy (non-hydrogen) atoms. The van der Waals surface area contributed by atoms with E-state index in [2.05, 4.69) is 138 Å². The van der Waals surface area contributed by atoms with Crippen molar-refractivity contribution in [1.82, 2.24) is 4.98 Å². The van der Waals surface area contributed by atoms with Crippen molar-refractivity contribution in [2.24, 2.45) is 0 Å². The van der Waals surface area contributed by atoms with E-state index in [0.29, 0.717) is 0 Å². The summed E-state index contributed by atoms with van der Waals surface area (Å²) in [5, 5.41) is 7.06. The van der Waals surface area contributed by atoms with E-state index in [1.54, 1.807) is 0 Å². The average Bonchev–Trinajstić information content (AvgIpc) is 3.96. The zero-order chi connectivity index (χ0) is 33.9. The van der Waals surface area contributed by atoms with Crippen LogP contribution in [0.15, 0.2) is 167 Å². The van der Waals surface area contributed by atoms with E-state index in [1.165, 1.54) is 66.4 Å². The molecule has 0 saturated carbocycles. The van der Waals surface area contributed by atoms with Crippen LogP contribution in [-0.4, -0.2) is 4.98 Å². The molecule has 1 aliphatic carbocycles. The lowest BCUT2D eigenvalue weighted by molar-refractivity contribution is 0.668. The summed E-state index contributed by atoms with van der Waals surface area (Å²) in [4.78, 5) is 3.66. The molecule has 8 aromatic carbocycles. The highest BCUT2D eigenvalue weighted by atomic mass is 16.3. The van der Waals surface area contributed by atoms with Crippen LogP contribution in [0.2, 0.25) is 0 Å². The summed E-state index contributed by atoms with van der Waals surface area (Å²) in [6, 6.07) is 57.1. The van der Waals surface area contributed by atoms with Gasteiger partial charge in [0.15, 0.2) is 0 Å². The highest BCUT2D eigenvalue weighted by Crippen LogP contribution is 2.43. The Morgan fingerprint density at radius 1 is 0.327 bits per heavy atom. The Hall–Kier alpha value is -6.84. The van der Waals surface area contributed by atoms with Gasteiger partial charge < -0.3 is 13.8 Å². The van der Waals surface area contributed by atoms with Gasteiger partial charge in [-0.2, -0.15) is 0 Å². The molecule has 242 valence electrons. The van der Waals surface area contributed by atoms with Crippen molar-refractivity contribution in [1.29, 1.82) is 0 Å². The molecule has 0 radical (unpaired) electrons. The van der Waals surface area contributed by atoms with Crippen molar-refractivity contribution in [2.45, 2.75) is 6.42 Å². The first-order valence-corrected chi connectivity index (χ1v) is 17.9. The number of aromatic amines is 1. The number of benzene rings is 8. The van der Waals surface area contributed by atoms with Gasteiger partial charge in [-0.1, -0.05) is 84.9 Å². The Balaban J connectivity index is 0.932. The van der Waals surface area contributed by atoms with E-state index in [-0.39, 0.29) is 0 Å². The maximum atomic E-state index is 6.11. The minimum absolute atomic E-state index is 0.917. The zero-order valence-electron chi connectivity index (χ0n) is 28.0. The molecule has 3 aromatic heterocycles. The van der Waals surface area contributed by atoms with Crippen molar-refractivity contribution in [2.75, 3.05) is 0 Å². The van der Waals surface area contributed by atoms with Crippen LogP contribution in [0.3, 0.4) is 0 Å². The topological polar surface area (TPSA) is 42.1 Å². The molecule has 0 bridgehead atoms. The minimum atomic E-state index is 0.917. The summed E-state index contributed by atoms with van der Waals surface area (Å²) in [5.74, 6) is 0. The molecule has 0 saturated heterocycles. The predicted octanol–water partition coefficient (Wildman–Crippen LogP) is 13.7. The molecular formula is C49H29NO2. The number of nitrogens with one attached hydrogen (secondary N) is 1. The van der Waals surface area contributed by atoms with Crippen LogP contribution in [0.25, 0.3) is 110 Å². The Kier molecular flexibility index (Phi) is 5.56. The van der Waals surface area contributed by atoms with Crippen molar-refractivity contribution in [3.8, 4) is 44.5 Å². The first-order chi connectivity index (χ1) is 25.7. The van der Waals surface area contributed by atoms with E-state index in [4.69, 9.17) is 8.83 Å². The largest absolute Gasteiger partial charge is 0.456 e. The maximum Gasteiger partial charge on any atom is 0.135 e. The van der Waals surface area contributed by atoms with Crippen LogP contribution in [0, 0.1) is 0 Å². The molecular weight excluding hydrogens is 635 g/mol. The monoisotopic (exact) mass is 663 g/mol. The number of aromatic nitrogens is 1. The lowest BCUT2D eigenvalue weighted by Gasteiger charge is -2.09. The molecule has 1 N–H and O–H groups in total. The normalized spacial score (nSPS) is 12.5. The highest BCUT2D eigenvalue weighted by molar-refractivity contribution is 6.11. The third kappa shape index (κ3) is 4.08. The van der Waals surface area contributed by atoms with E-state index in [0.717, 1.165) is 61.3 Å². The molecule has 0 amide bonds. The van der Waals surface area contributed by atoms with Crippen molar-refractivity contribution >= 4 is 65.7 Å². The molecule has 3 nitrogen and oxygen atoms in total. The number of rotatable bonds is 3. The van der Waals surface area contributed by atoms with Gasteiger partial charge in [-0.05, 0) is 135 Å². The van der Waals surface area contributed by atoms with Crippen LogP contribution < -0.4 is 0 Å². The van der Waals surface area contributed by atoms with Gasteiger partial charge in [0.05, 0.1) is 0 Å². The van der Waals surface area contributed by atoms with Gasteiger partial charge in [-0.15, -0.1) is 0 Å². The molecule has 3 heterocycles. The second-order valence-corrected chi connectivity index (χ2v) is 14.2. The number of para-hydroxylation sites is 2. The van der Waals surface area contributed by atoms with Crippen LogP contribution in [0.1, 0.15) is 11.1 Å². The van der Waals surface area contributed by atoms with Crippen molar-refractivity contribution in [3.05, 3.63) is 169 Å². The van der Waals surface area contributed by atoms with E-state index < -0.39 is 0 Å². The Labute approximate surface area is 298 Å². The van der Waals surface area contributed by atoms with Gasteiger partial charge >= 0.3 is 0 Å². The molecule has 0 aliphatic heterocycles. The van der Waals surface area contributed by atoms with Gasteiger partial charge in [0.1, 0.15) is 22.3 Å². The van der Waals surface area contributed by atoms with Crippen molar-refractivity contribution in [3.63, 3.8) is 0 Å². The lowest BCUT2D eigenvalue weighted by Crippen LogP contribution is -1.84. The van der Waals surface area contributed by atoms with Gasteiger partial charge in [-0.3, -0.25) is 0 Å². The molecule has 3 heteroatoms. The highest BCUT2D eigenvalue weighted by Gasteiger charge is 2.21. The number of H-pyrrole nitrogens is 1. The fraction of sp³-hybridized carbons (Fsp3) is 0.0204. The first-order valence-electron chi connectivity index (χ1n) is 17.9. The molecule has 12 rings (SSSR count). The Morgan fingerprint density at radius 2 is 0.712 bits per heavy atom. The summed E-state index contributed by atoms with van der Waals surface area (Å²) in [5.41, 5.74) is 18.6. The first kappa shape index (κ1) is 27.9. The Morgan fingerprint density at radius 3 is 1.21 bits per heavy atom. The van der Waals surface area contributed by atoms with Crippen LogP contribution in [-0.2, 0) is 6.42 Å². The molecule has 0 unspecified atom stereocenters. The third-order valence-corrected chi connectivity index (χ3v) is 11.2. The standard InChI is InChI=1S/C49H29NO2/c1-3-7-46-36(5-1)42-26-32(15-19-48(42)51-46)29-10-12-35-21-34-11-9-28(22-38(34)39(35)23-29)30-13-17-44-40(24-30)41-25-31(14-18-45(41)50-44)33-16-20-49-43(27-33)37-6-2-4-8-47(37)52-49/h1-20,22-27,50H,21H2. The average molecular weight is 664 g/mol. The molecule has 0 fully saturated rings. The van der Waals surface area contributed by atoms with Crippen LogP contribution in [0.4, 0.5) is 0 Å². The lowest BCUT2D eigenvalue weighted by atomic mass is 9.95. The predicted molar refractivity (Wildman–Crippen MR) is 215 cm³/mol.